The van der Waals surface area contributed by atoms with E-state index in [1.165, 1.54) is 0 Å². The van der Waals surface area contributed by atoms with Gasteiger partial charge in [0.1, 0.15) is 24.4 Å². The van der Waals surface area contributed by atoms with Crippen molar-refractivity contribution in [1.82, 2.24) is 10.6 Å². The van der Waals surface area contributed by atoms with Gasteiger partial charge < -0.3 is 87.9 Å². The Kier molecular flexibility index (Phi) is 32.5. The summed E-state index contributed by atoms with van der Waals surface area (Å²) in [6.07, 6.45) is -3.15. The van der Waals surface area contributed by atoms with Crippen molar-refractivity contribution < 1.29 is 86.9 Å². The first-order valence-electron chi connectivity index (χ1n) is 20.5. The quantitative estimate of drug-likeness (QED) is 0.0362. The van der Waals surface area contributed by atoms with Crippen LogP contribution < -0.4 is 10.6 Å². The highest BCUT2D eigenvalue weighted by molar-refractivity contribution is 5.76. The van der Waals surface area contributed by atoms with Crippen LogP contribution in [0.5, 0.6) is 0 Å². The van der Waals surface area contributed by atoms with Crippen molar-refractivity contribution in [2.45, 2.75) is 69.2 Å². The lowest BCUT2D eigenvalue weighted by Crippen LogP contribution is -2.46. The third kappa shape index (κ3) is 27.9. The van der Waals surface area contributed by atoms with Gasteiger partial charge in [-0.15, -0.1) is 0 Å². The Labute approximate surface area is 342 Å². The second-order valence-electron chi connectivity index (χ2n) is 13.8. The highest BCUT2D eigenvalue weighted by Crippen LogP contribution is 2.16. The monoisotopic (exact) mass is 844 g/mol. The summed E-state index contributed by atoms with van der Waals surface area (Å²) in [5.74, 6) is -0.137. The van der Waals surface area contributed by atoms with Crippen molar-refractivity contribution in [3.8, 4) is 0 Å². The molecule has 2 rings (SSSR count). The fourth-order valence-electron chi connectivity index (χ4n) is 5.38. The SMILES string of the molecule is CC(COCCC(=O)NCCOCCOCCOCCOC[C@H]1OCC[C@@H](O)[C@H]1O)COCCC(=O)NCCOCCOCCOCCOC[C@H]1OCC[C@@H](O)[C@H]1O. The maximum absolute atomic E-state index is 12.0. The molecule has 2 aliphatic rings. The summed E-state index contributed by atoms with van der Waals surface area (Å²) in [4.78, 5) is 24.0. The number of rotatable bonds is 38. The molecule has 342 valence electrons. The van der Waals surface area contributed by atoms with Gasteiger partial charge in [-0.1, -0.05) is 6.92 Å². The van der Waals surface area contributed by atoms with Crippen LogP contribution in [0, 0.1) is 5.92 Å². The number of nitrogens with one attached hydrogen (secondary N) is 2. The molecule has 0 aliphatic carbocycles. The molecule has 0 aromatic rings. The summed E-state index contributed by atoms with van der Waals surface area (Å²) in [7, 11) is 0. The summed E-state index contributed by atoms with van der Waals surface area (Å²) >= 11 is 0. The van der Waals surface area contributed by atoms with E-state index in [2.05, 4.69) is 10.6 Å². The van der Waals surface area contributed by atoms with E-state index >= 15 is 0 Å². The molecular weight excluding hydrogens is 772 g/mol. The lowest BCUT2D eigenvalue weighted by Gasteiger charge is -2.31. The maximum Gasteiger partial charge on any atom is 0.222 e. The largest absolute Gasteiger partial charge is 0.390 e. The highest BCUT2D eigenvalue weighted by Gasteiger charge is 2.32. The minimum Gasteiger partial charge on any atom is -0.390 e. The highest BCUT2D eigenvalue weighted by atomic mass is 16.6. The third-order valence-corrected chi connectivity index (χ3v) is 8.73. The van der Waals surface area contributed by atoms with Crippen LogP contribution in [0.2, 0.25) is 0 Å². The van der Waals surface area contributed by atoms with Crippen molar-refractivity contribution in [3.63, 3.8) is 0 Å². The number of carbonyl (C=O) groups excluding carboxylic acids is 2. The molecule has 0 bridgehead atoms. The van der Waals surface area contributed by atoms with Gasteiger partial charge in [0.25, 0.3) is 0 Å². The number of aliphatic hydroxyl groups is 4. The van der Waals surface area contributed by atoms with Crippen molar-refractivity contribution >= 4 is 11.8 Å². The fourth-order valence-corrected chi connectivity index (χ4v) is 5.38. The molecule has 20 heteroatoms. The molecule has 0 aromatic heterocycles. The van der Waals surface area contributed by atoms with E-state index in [-0.39, 0.29) is 43.8 Å². The fraction of sp³-hybridized carbons (Fsp3) is 0.947. The minimum absolute atomic E-state index is 0.108. The van der Waals surface area contributed by atoms with Gasteiger partial charge in [0.15, 0.2) is 0 Å². The minimum atomic E-state index is -0.934. The molecule has 0 radical (unpaired) electrons. The standard InChI is InChI=1S/C38H72N2O18/c1-30(26-53-8-4-35(43)39-6-12-47-14-16-49-18-20-51-22-24-55-28-33-37(45)31(41)2-10-57-33)27-54-9-5-36(44)40-7-13-48-15-17-50-19-21-52-23-25-56-29-34-38(46)32(42)3-11-58-34/h30-34,37-38,41-42,45-46H,2-29H2,1H3,(H,39,43)(H,40,44)/t31-,32-,33-,34-,37-,38-/m1/s1. The Morgan fingerprint density at radius 1 is 0.500 bits per heavy atom. The van der Waals surface area contributed by atoms with E-state index in [0.717, 1.165) is 0 Å². The van der Waals surface area contributed by atoms with E-state index in [1.54, 1.807) is 0 Å². The summed E-state index contributed by atoms with van der Waals surface area (Å²) in [5.41, 5.74) is 0. The average molecular weight is 845 g/mol. The zero-order valence-corrected chi connectivity index (χ0v) is 34.3. The van der Waals surface area contributed by atoms with Gasteiger partial charge >= 0.3 is 0 Å². The van der Waals surface area contributed by atoms with Crippen LogP contribution in [-0.4, -0.2) is 227 Å². The molecule has 20 nitrogen and oxygen atoms in total. The van der Waals surface area contributed by atoms with Crippen LogP contribution >= 0.6 is 0 Å². The number of hydrogen-bond acceptors (Lipinski definition) is 18. The molecule has 2 aliphatic heterocycles. The molecule has 2 saturated heterocycles. The molecule has 0 aromatic carbocycles. The zero-order chi connectivity index (χ0) is 41.9. The Hall–Kier alpha value is -1.70. The first kappa shape index (κ1) is 52.4. The number of ether oxygens (including phenoxy) is 12. The van der Waals surface area contributed by atoms with E-state index in [9.17, 15) is 30.0 Å². The summed E-state index contributed by atoms with van der Waals surface area (Å²) in [6, 6.07) is 0. The normalized spacial score (nSPS) is 22.4. The molecule has 2 fully saturated rings. The second kappa shape index (κ2) is 36.0. The molecule has 6 N–H and O–H groups in total. The zero-order valence-electron chi connectivity index (χ0n) is 34.3. The van der Waals surface area contributed by atoms with Crippen molar-refractivity contribution in [1.29, 1.82) is 0 Å². The topological polar surface area (TPSA) is 250 Å². The third-order valence-electron chi connectivity index (χ3n) is 8.73. The van der Waals surface area contributed by atoms with Crippen LogP contribution in [0.4, 0.5) is 0 Å². The first-order chi connectivity index (χ1) is 28.3. The molecule has 6 atom stereocenters. The van der Waals surface area contributed by atoms with Crippen molar-refractivity contribution in [2.75, 3.05) is 158 Å². The van der Waals surface area contributed by atoms with Gasteiger partial charge in [-0.05, 0) is 12.8 Å². The van der Waals surface area contributed by atoms with Crippen LogP contribution in [0.25, 0.3) is 0 Å². The molecule has 0 spiro atoms. The molecule has 2 heterocycles. The van der Waals surface area contributed by atoms with Gasteiger partial charge in [-0.2, -0.15) is 0 Å². The number of carbonyl (C=O) groups is 2. The number of amides is 2. The lowest BCUT2D eigenvalue weighted by molar-refractivity contribution is -0.156. The van der Waals surface area contributed by atoms with Crippen LogP contribution in [0.1, 0.15) is 32.6 Å². The average Bonchev–Trinajstić information content (AvgIpc) is 3.21. The van der Waals surface area contributed by atoms with Gasteiger partial charge in [0.05, 0.1) is 144 Å². The Morgan fingerprint density at radius 3 is 1.19 bits per heavy atom. The molecule has 58 heavy (non-hydrogen) atoms. The Bertz CT molecular complexity index is 916. The van der Waals surface area contributed by atoms with E-state index in [1.807, 2.05) is 6.92 Å². The predicted molar refractivity (Wildman–Crippen MR) is 205 cm³/mol. The first-order valence-corrected chi connectivity index (χ1v) is 20.5. The van der Waals surface area contributed by atoms with Crippen LogP contribution in [0.15, 0.2) is 0 Å². The van der Waals surface area contributed by atoms with Crippen LogP contribution in [-0.2, 0) is 66.4 Å². The summed E-state index contributed by atoms with van der Waals surface area (Å²) < 4.78 is 65.5. The van der Waals surface area contributed by atoms with E-state index in [4.69, 9.17) is 56.8 Å². The molecule has 0 saturated carbocycles. The van der Waals surface area contributed by atoms with E-state index < -0.39 is 36.6 Å². The number of hydrogen-bond donors (Lipinski definition) is 6. The van der Waals surface area contributed by atoms with Gasteiger partial charge in [0.2, 0.25) is 11.8 Å². The Morgan fingerprint density at radius 2 is 0.828 bits per heavy atom. The molecule has 2 amide bonds. The summed E-state index contributed by atoms with van der Waals surface area (Å²) in [6.45, 7) is 10.8. The lowest BCUT2D eigenvalue weighted by atomic mass is 10.0. The maximum atomic E-state index is 12.0. The number of aliphatic hydroxyl groups excluding tert-OH is 4. The predicted octanol–water partition coefficient (Wildman–Crippen LogP) is -2.18. The van der Waals surface area contributed by atoms with Crippen LogP contribution in [0.3, 0.4) is 0 Å². The Balaban J connectivity index is 1.22. The van der Waals surface area contributed by atoms with Gasteiger partial charge in [-0.25, -0.2) is 0 Å². The molecule has 0 unspecified atom stereocenters. The summed E-state index contributed by atoms with van der Waals surface area (Å²) in [5, 5.41) is 44.6. The van der Waals surface area contributed by atoms with Gasteiger partial charge in [-0.3, -0.25) is 9.59 Å². The van der Waals surface area contributed by atoms with Gasteiger partial charge in [0, 0.05) is 45.1 Å². The molecular formula is C38H72N2O18. The smallest absolute Gasteiger partial charge is 0.222 e. The van der Waals surface area contributed by atoms with E-state index in [0.29, 0.717) is 158 Å². The van der Waals surface area contributed by atoms with Crippen molar-refractivity contribution in [3.05, 3.63) is 0 Å². The second-order valence-corrected chi connectivity index (χ2v) is 13.8. The van der Waals surface area contributed by atoms with Crippen molar-refractivity contribution in [2.24, 2.45) is 5.92 Å².